The number of ether oxygens (including phenoxy) is 2. The molecule has 0 N–H and O–H groups in total. The average Bonchev–Trinajstić information content (AvgIpc) is 2.97. The highest BCUT2D eigenvalue weighted by atomic mass is 16.5. The molecule has 7 heteroatoms. The Morgan fingerprint density at radius 3 is 2.06 bits per heavy atom. The van der Waals surface area contributed by atoms with Gasteiger partial charge in [0.2, 0.25) is 5.43 Å². The highest BCUT2D eigenvalue weighted by Crippen LogP contribution is 2.19. The van der Waals surface area contributed by atoms with Gasteiger partial charge in [-0.2, -0.15) is 10.2 Å². The summed E-state index contributed by atoms with van der Waals surface area (Å²) in [6.07, 6.45) is 6.16. The zero-order chi connectivity index (χ0) is 23.2. The lowest BCUT2D eigenvalue weighted by atomic mass is 10.1. The largest absolute Gasteiger partial charge is 0.462 e. The molecule has 2 aromatic carbocycles. The number of nitrogens with zero attached hydrogens (tertiary/aromatic N) is 2. The third kappa shape index (κ3) is 8.79. The lowest BCUT2D eigenvalue weighted by Gasteiger charge is -2.02. The summed E-state index contributed by atoms with van der Waals surface area (Å²) in [6.45, 7) is 4.44. The third-order valence-corrected chi connectivity index (χ3v) is 4.58. The van der Waals surface area contributed by atoms with Crippen LogP contribution in [0.1, 0.15) is 69.2 Å². The molecule has 0 aromatic heterocycles. The zero-order valence-corrected chi connectivity index (χ0v) is 18.7. The van der Waals surface area contributed by atoms with Crippen molar-refractivity contribution in [3.8, 4) is 5.75 Å². The summed E-state index contributed by atoms with van der Waals surface area (Å²) in [5.41, 5.74) is 1.01. The summed E-state index contributed by atoms with van der Waals surface area (Å²) in [5.74, 6) is -0.818. The van der Waals surface area contributed by atoms with Crippen LogP contribution in [0.5, 0.6) is 5.75 Å². The Morgan fingerprint density at radius 2 is 1.41 bits per heavy atom. The van der Waals surface area contributed by atoms with Gasteiger partial charge >= 0.3 is 11.9 Å². The fourth-order valence-electron chi connectivity index (χ4n) is 2.80. The van der Waals surface area contributed by atoms with E-state index in [0.717, 1.165) is 38.5 Å². The topological polar surface area (TPSA) is 94.4 Å². The third-order valence-electron chi connectivity index (χ3n) is 4.58. The van der Waals surface area contributed by atoms with Gasteiger partial charge in [-0.25, -0.2) is 4.79 Å². The normalized spacial score (nSPS) is 10.8. The van der Waals surface area contributed by atoms with Crippen molar-refractivity contribution >= 4 is 23.3 Å². The molecule has 7 nitrogen and oxygen atoms in total. The van der Waals surface area contributed by atoms with E-state index < -0.39 is 11.4 Å². The lowest BCUT2D eigenvalue weighted by molar-refractivity contribution is -0.134. The number of carbonyl (C=O) groups is 2. The Hall–Kier alpha value is -3.35. The van der Waals surface area contributed by atoms with Crippen LogP contribution in [-0.2, 0) is 9.53 Å². The van der Waals surface area contributed by atoms with E-state index in [4.69, 9.17) is 9.47 Å². The van der Waals surface area contributed by atoms with Crippen LogP contribution in [0.25, 0.3) is 0 Å². The van der Waals surface area contributed by atoms with Crippen molar-refractivity contribution in [3.05, 3.63) is 64.3 Å². The molecular weight excluding hydrogens is 408 g/mol. The first-order valence-electron chi connectivity index (χ1n) is 11.1. The standard InChI is InChI=1S/C25H30N2O5/c1-3-5-6-7-8-9-24(29)32-23-17-15-21(14-16-22(23)28)27-26-20-12-10-19(11-13-20)25(30)31-18-4-2/h10-17H,3-9,18H2,1-2H3. The predicted molar refractivity (Wildman–Crippen MR) is 123 cm³/mol. The van der Waals surface area contributed by atoms with E-state index in [2.05, 4.69) is 17.2 Å². The Bertz CT molecular complexity index is 971. The van der Waals surface area contributed by atoms with Gasteiger partial charge in [0.15, 0.2) is 5.75 Å². The molecule has 0 heterocycles. The van der Waals surface area contributed by atoms with Gasteiger partial charge in [-0.3, -0.25) is 9.59 Å². The maximum atomic E-state index is 12.2. The molecule has 0 saturated carbocycles. The molecule has 0 aliphatic carbocycles. The lowest BCUT2D eigenvalue weighted by Crippen LogP contribution is -2.12. The van der Waals surface area contributed by atoms with Crippen molar-refractivity contribution in [1.29, 1.82) is 0 Å². The molecule has 0 amide bonds. The Labute approximate surface area is 188 Å². The molecule has 2 aromatic rings. The number of unbranched alkanes of at least 4 members (excludes halogenated alkanes) is 4. The molecule has 0 saturated heterocycles. The zero-order valence-electron chi connectivity index (χ0n) is 18.7. The molecule has 0 unspecified atom stereocenters. The summed E-state index contributed by atoms with van der Waals surface area (Å²) >= 11 is 0. The number of azo groups is 1. The molecule has 0 bridgehead atoms. The quantitative estimate of drug-likeness (QED) is 0.220. The van der Waals surface area contributed by atoms with E-state index in [0.29, 0.717) is 23.5 Å². The molecule has 2 rings (SSSR count). The van der Waals surface area contributed by atoms with Gasteiger partial charge in [0.25, 0.3) is 0 Å². The molecule has 0 aliphatic heterocycles. The molecule has 0 spiro atoms. The summed E-state index contributed by atoms with van der Waals surface area (Å²) in [7, 11) is 0. The fourth-order valence-corrected chi connectivity index (χ4v) is 2.80. The summed E-state index contributed by atoms with van der Waals surface area (Å²) in [4.78, 5) is 36.0. The number of rotatable bonds is 12. The van der Waals surface area contributed by atoms with Crippen molar-refractivity contribution < 1.29 is 19.1 Å². The highest BCUT2D eigenvalue weighted by molar-refractivity contribution is 5.89. The van der Waals surface area contributed by atoms with Crippen LogP contribution in [0.15, 0.2) is 63.6 Å². The van der Waals surface area contributed by atoms with Crippen LogP contribution in [0.2, 0.25) is 0 Å². The van der Waals surface area contributed by atoms with Gasteiger partial charge in [-0.05, 0) is 61.4 Å². The Kier molecular flexibility index (Phi) is 10.8. The van der Waals surface area contributed by atoms with Gasteiger partial charge in [0, 0.05) is 6.42 Å². The second kappa shape index (κ2) is 13.9. The van der Waals surface area contributed by atoms with Gasteiger partial charge in [0.1, 0.15) is 0 Å². The summed E-state index contributed by atoms with van der Waals surface area (Å²) < 4.78 is 10.3. The fraction of sp³-hybridized carbons (Fsp3) is 0.400. The van der Waals surface area contributed by atoms with E-state index in [1.165, 1.54) is 18.2 Å². The maximum absolute atomic E-state index is 12.2. The second-order valence-corrected chi connectivity index (χ2v) is 7.34. The van der Waals surface area contributed by atoms with Crippen LogP contribution in [0.4, 0.5) is 11.4 Å². The van der Waals surface area contributed by atoms with Crippen LogP contribution >= 0.6 is 0 Å². The number of hydrogen-bond donors (Lipinski definition) is 0. The molecule has 0 atom stereocenters. The minimum Gasteiger partial charge on any atom is -0.462 e. The number of benzene rings is 1. The number of carbonyl (C=O) groups excluding carboxylic acids is 2. The minimum absolute atomic E-state index is 0.0278. The minimum atomic E-state index is -0.412. The summed E-state index contributed by atoms with van der Waals surface area (Å²) in [6, 6.07) is 12.3. The molecule has 0 radical (unpaired) electrons. The highest BCUT2D eigenvalue weighted by Gasteiger charge is 2.08. The predicted octanol–water partition coefficient (Wildman–Crippen LogP) is 6.29. The van der Waals surface area contributed by atoms with E-state index in [1.54, 1.807) is 30.3 Å². The van der Waals surface area contributed by atoms with Crippen molar-refractivity contribution in [3.63, 3.8) is 0 Å². The molecule has 170 valence electrons. The molecular formula is C25H30N2O5. The first kappa shape index (κ1) is 24.9. The van der Waals surface area contributed by atoms with Gasteiger partial charge < -0.3 is 9.47 Å². The first-order valence-corrected chi connectivity index (χ1v) is 11.1. The average molecular weight is 439 g/mol. The Morgan fingerprint density at radius 1 is 0.781 bits per heavy atom. The maximum Gasteiger partial charge on any atom is 0.338 e. The van der Waals surface area contributed by atoms with Crippen molar-refractivity contribution in [2.75, 3.05) is 6.61 Å². The monoisotopic (exact) mass is 438 g/mol. The number of esters is 2. The SMILES string of the molecule is CCCCCCCC(=O)Oc1ccc(N=Nc2ccc(C(=O)OCCC)cc2)ccc1=O. The van der Waals surface area contributed by atoms with Crippen LogP contribution < -0.4 is 10.2 Å². The van der Waals surface area contributed by atoms with Crippen molar-refractivity contribution in [1.82, 2.24) is 0 Å². The second-order valence-electron chi connectivity index (χ2n) is 7.34. The van der Waals surface area contributed by atoms with E-state index in [1.807, 2.05) is 6.92 Å². The summed E-state index contributed by atoms with van der Waals surface area (Å²) in [5, 5.41) is 8.22. The smallest absolute Gasteiger partial charge is 0.338 e. The molecule has 0 fully saturated rings. The Balaban J connectivity index is 1.96. The van der Waals surface area contributed by atoms with Gasteiger partial charge in [-0.1, -0.05) is 39.5 Å². The van der Waals surface area contributed by atoms with E-state index in [9.17, 15) is 14.4 Å². The number of hydrogen-bond acceptors (Lipinski definition) is 7. The van der Waals surface area contributed by atoms with Gasteiger partial charge in [-0.15, -0.1) is 0 Å². The molecule has 0 aliphatic rings. The van der Waals surface area contributed by atoms with Crippen molar-refractivity contribution in [2.24, 2.45) is 10.2 Å². The van der Waals surface area contributed by atoms with Gasteiger partial charge in [0.05, 0.1) is 23.5 Å². The first-order chi connectivity index (χ1) is 15.5. The van der Waals surface area contributed by atoms with Crippen LogP contribution in [0, 0.1) is 0 Å². The van der Waals surface area contributed by atoms with E-state index in [-0.39, 0.29) is 18.1 Å². The molecule has 32 heavy (non-hydrogen) atoms. The van der Waals surface area contributed by atoms with E-state index >= 15 is 0 Å². The van der Waals surface area contributed by atoms with Crippen molar-refractivity contribution in [2.45, 2.75) is 58.8 Å². The van der Waals surface area contributed by atoms with Crippen LogP contribution in [-0.4, -0.2) is 18.5 Å². The van der Waals surface area contributed by atoms with Crippen LogP contribution in [0.3, 0.4) is 0 Å².